The predicted molar refractivity (Wildman–Crippen MR) is 66.0 cm³/mol. The molecule has 0 heterocycles. The van der Waals surface area contributed by atoms with E-state index in [1.807, 2.05) is 18.7 Å². The van der Waals surface area contributed by atoms with Crippen LogP contribution in [0, 0.1) is 5.82 Å². The molecule has 0 aromatic heterocycles. The molecule has 100 valence electrons. The summed E-state index contributed by atoms with van der Waals surface area (Å²) < 4.78 is 13.5. The van der Waals surface area contributed by atoms with Crippen LogP contribution in [0.1, 0.15) is 29.8 Å². The first-order chi connectivity index (χ1) is 8.45. The molecule has 0 aliphatic rings. The van der Waals surface area contributed by atoms with Crippen LogP contribution in [0.25, 0.3) is 0 Å². The Bertz CT molecular complexity index is 421. The van der Waals surface area contributed by atoms with Crippen molar-refractivity contribution in [2.24, 2.45) is 0 Å². The van der Waals surface area contributed by atoms with Gasteiger partial charge < -0.3 is 10.2 Å². The van der Waals surface area contributed by atoms with Crippen LogP contribution in [0.4, 0.5) is 4.39 Å². The highest BCUT2D eigenvalue weighted by Gasteiger charge is 2.13. The summed E-state index contributed by atoms with van der Waals surface area (Å²) in [6, 6.07) is 4.32. The zero-order valence-corrected chi connectivity index (χ0v) is 10.6. The molecule has 5 heteroatoms. The topological polar surface area (TPSA) is 60.8 Å². The minimum atomic E-state index is -1.27. The lowest BCUT2D eigenvalue weighted by molar-refractivity contribution is 0.0692. The summed E-state index contributed by atoms with van der Waals surface area (Å²) in [7, 11) is 0. The van der Waals surface area contributed by atoms with Crippen LogP contribution < -0.4 is 0 Å². The van der Waals surface area contributed by atoms with Gasteiger partial charge in [-0.3, -0.25) is 4.90 Å². The quantitative estimate of drug-likeness (QED) is 0.812. The van der Waals surface area contributed by atoms with Crippen LogP contribution in [0.2, 0.25) is 0 Å². The van der Waals surface area contributed by atoms with E-state index in [0.29, 0.717) is 18.7 Å². The number of carboxylic acids is 1. The maximum Gasteiger partial charge on any atom is 0.338 e. The van der Waals surface area contributed by atoms with Gasteiger partial charge in [-0.1, -0.05) is 6.07 Å². The summed E-state index contributed by atoms with van der Waals surface area (Å²) in [5.74, 6) is -2.00. The van der Waals surface area contributed by atoms with Crippen molar-refractivity contribution in [2.45, 2.75) is 26.4 Å². The molecule has 0 amide bonds. The third-order valence-corrected chi connectivity index (χ3v) is 2.77. The minimum Gasteiger partial charge on any atom is -0.478 e. The number of nitrogens with zero attached hydrogens (tertiary/aromatic N) is 1. The summed E-state index contributed by atoms with van der Waals surface area (Å²) in [6.45, 7) is 4.98. The molecule has 0 atom stereocenters. The van der Waals surface area contributed by atoms with E-state index < -0.39 is 11.8 Å². The van der Waals surface area contributed by atoms with E-state index in [1.54, 1.807) is 6.07 Å². The first-order valence-corrected chi connectivity index (χ1v) is 5.82. The van der Waals surface area contributed by atoms with Gasteiger partial charge in [0.05, 0.1) is 12.2 Å². The zero-order chi connectivity index (χ0) is 13.7. The van der Waals surface area contributed by atoms with Gasteiger partial charge in [0.1, 0.15) is 5.82 Å². The molecule has 0 aliphatic carbocycles. The lowest BCUT2D eigenvalue weighted by Gasteiger charge is -2.25. The van der Waals surface area contributed by atoms with E-state index >= 15 is 0 Å². The molecule has 0 aliphatic heterocycles. The summed E-state index contributed by atoms with van der Waals surface area (Å²) in [5.41, 5.74) is 0.372. The van der Waals surface area contributed by atoms with Gasteiger partial charge in [0.25, 0.3) is 0 Å². The molecule has 2 N–H and O–H groups in total. The summed E-state index contributed by atoms with van der Waals surface area (Å²) in [5, 5.41) is 17.7. The lowest BCUT2D eigenvalue weighted by atomic mass is 10.1. The normalized spacial score (nSPS) is 11.2. The Labute approximate surface area is 106 Å². The van der Waals surface area contributed by atoms with Crippen LogP contribution >= 0.6 is 0 Å². The fraction of sp³-hybridized carbons (Fsp3) is 0.462. The Balaban J connectivity index is 2.84. The van der Waals surface area contributed by atoms with Crippen molar-refractivity contribution in [1.29, 1.82) is 0 Å². The van der Waals surface area contributed by atoms with E-state index in [4.69, 9.17) is 10.2 Å². The fourth-order valence-corrected chi connectivity index (χ4v) is 1.71. The van der Waals surface area contributed by atoms with E-state index in [1.165, 1.54) is 12.1 Å². The van der Waals surface area contributed by atoms with Gasteiger partial charge in [-0.2, -0.15) is 0 Å². The molecular formula is C13H18FNO3. The van der Waals surface area contributed by atoms with Gasteiger partial charge in [-0.05, 0) is 31.5 Å². The van der Waals surface area contributed by atoms with Gasteiger partial charge in [-0.15, -0.1) is 0 Å². The Morgan fingerprint density at radius 3 is 2.56 bits per heavy atom. The second-order valence-electron chi connectivity index (χ2n) is 4.41. The Morgan fingerprint density at radius 2 is 2.11 bits per heavy atom. The smallest absolute Gasteiger partial charge is 0.338 e. The molecule has 0 saturated carbocycles. The standard InChI is InChI=1S/C13H18FNO3/c1-9(2)15(5-6-16)8-10-3-4-11(13(17)18)12(14)7-10/h3-4,7,9,16H,5-6,8H2,1-2H3,(H,17,18). The van der Waals surface area contributed by atoms with Crippen molar-refractivity contribution < 1.29 is 19.4 Å². The second-order valence-corrected chi connectivity index (χ2v) is 4.41. The number of halogens is 1. The van der Waals surface area contributed by atoms with Gasteiger partial charge in [0, 0.05) is 19.1 Å². The maximum atomic E-state index is 13.5. The van der Waals surface area contributed by atoms with Crippen LogP contribution in [-0.4, -0.2) is 40.3 Å². The molecule has 1 aromatic carbocycles. The van der Waals surface area contributed by atoms with E-state index in [-0.39, 0.29) is 18.2 Å². The number of hydrogen-bond acceptors (Lipinski definition) is 3. The molecule has 1 rings (SSSR count). The number of benzene rings is 1. The fourth-order valence-electron chi connectivity index (χ4n) is 1.71. The van der Waals surface area contributed by atoms with Crippen molar-refractivity contribution in [2.75, 3.05) is 13.2 Å². The largest absolute Gasteiger partial charge is 0.478 e. The first kappa shape index (κ1) is 14.6. The van der Waals surface area contributed by atoms with E-state index in [2.05, 4.69) is 0 Å². The van der Waals surface area contributed by atoms with E-state index in [9.17, 15) is 9.18 Å². The highest BCUT2D eigenvalue weighted by Crippen LogP contribution is 2.13. The van der Waals surface area contributed by atoms with Crippen LogP contribution in [-0.2, 0) is 6.54 Å². The Hall–Kier alpha value is -1.46. The predicted octanol–water partition coefficient (Wildman–Crippen LogP) is 1.73. The highest BCUT2D eigenvalue weighted by atomic mass is 19.1. The second kappa shape index (κ2) is 6.47. The number of hydrogen-bond donors (Lipinski definition) is 2. The number of aromatic carboxylic acids is 1. The van der Waals surface area contributed by atoms with Gasteiger partial charge in [0.2, 0.25) is 0 Å². The highest BCUT2D eigenvalue weighted by molar-refractivity contribution is 5.87. The Kier molecular flexibility index (Phi) is 5.25. The third kappa shape index (κ3) is 3.78. The molecule has 1 aromatic rings. The minimum absolute atomic E-state index is 0.0356. The van der Waals surface area contributed by atoms with Crippen molar-refractivity contribution in [1.82, 2.24) is 4.90 Å². The first-order valence-electron chi connectivity index (χ1n) is 5.82. The van der Waals surface area contributed by atoms with Crippen molar-refractivity contribution in [3.63, 3.8) is 0 Å². The van der Waals surface area contributed by atoms with Crippen LogP contribution in [0.3, 0.4) is 0 Å². The number of aliphatic hydroxyl groups is 1. The number of carbonyl (C=O) groups is 1. The van der Waals surface area contributed by atoms with Crippen LogP contribution in [0.15, 0.2) is 18.2 Å². The average molecular weight is 255 g/mol. The monoisotopic (exact) mass is 255 g/mol. The molecular weight excluding hydrogens is 237 g/mol. The SMILES string of the molecule is CC(C)N(CCO)Cc1ccc(C(=O)O)c(F)c1. The van der Waals surface area contributed by atoms with Crippen LogP contribution in [0.5, 0.6) is 0 Å². The van der Waals surface area contributed by atoms with Gasteiger partial charge >= 0.3 is 5.97 Å². The van der Waals surface area contributed by atoms with Crippen molar-refractivity contribution in [3.05, 3.63) is 35.1 Å². The molecule has 0 radical (unpaired) electrons. The summed E-state index contributed by atoms with van der Waals surface area (Å²) >= 11 is 0. The summed E-state index contributed by atoms with van der Waals surface area (Å²) in [6.07, 6.45) is 0. The number of carboxylic acid groups (broad SMARTS) is 1. The molecule has 0 fully saturated rings. The molecule has 0 spiro atoms. The average Bonchev–Trinajstić information content (AvgIpc) is 2.27. The molecule has 4 nitrogen and oxygen atoms in total. The number of aliphatic hydroxyl groups excluding tert-OH is 1. The molecule has 0 saturated heterocycles. The molecule has 18 heavy (non-hydrogen) atoms. The maximum absolute atomic E-state index is 13.5. The van der Waals surface area contributed by atoms with Gasteiger partial charge in [-0.25, -0.2) is 9.18 Å². The van der Waals surface area contributed by atoms with Crippen molar-refractivity contribution >= 4 is 5.97 Å². The lowest BCUT2D eigenvalue weighted by Crippen LogP contribution is -2.32. The molecule has 0 bridgehead atoms. The summed E-state index contributed by atoms with van der Waals surface area (Å²) in [4.78, 5) is 12.7. The molecule has 0 unspecified atom stereocenters. The van der Waals surface area contributed by atoms with Gasteiger partial charge in [0.15, 0.2) is 0 Å². The van der Waals surface area contributed by atoms with Crippen molar-refractivity contribution in [3.8, 4) is 0 Å². The third-order valence-electron chi connectivity index (χ3n) is 2.77. The number of rotatable bonds is 6. The Morgan fingerprint density at radius 1 is 1.44 bits per heavy atom. The zero-order valence-electron chi connectivity index (χ0n) is 10.6. The van der Waals surface area contributed by atoms with E-state index in [0.717, 1.165) is 0 Å².